The molecule has 1 unspecified atom stereocenters. The van der Waals surface area contributed by atoms with Gasteiger partial charge in [-0.15, -0.1) is 0 Å². The molecule has 1 aliphatic heterocycles. The van der Waals surface area contributed by atoms with Gasteiger partial charge in [-0.25, -0.2) is 0 Å². The minimum atomic E-state index is 0.0436. The molecule has 2 heterocycles. The highest BCUT2D eigenvalue weighted by atomic mass is 16.1. The number of nitrogens with zero attached hydrogens (tertiary/aromatic N) is 2. The molecule has 1 atom stereocenters. The Morgan fingerprint density at radius 2 is 1.90 bits per heavy atom. The second-order valence-corrected chi connectivity index (χ2v) is 5.27. The molecule has 4 heteroatoms. The summed E-state index contributed by atoms with van der Waals surface area (Å²) in [4.78, 5) is 14.0. The van der Waals surface area contributed by atoms with Gasteiger partial charge in [-0.05, 0) is 24.1 Å². The van der Waals surface area contributed by atoms with Gasteiger partial charge in [-0.2, -0.15) is 0 Å². The predicted molar refractivity (Wildman–Crippen MR) is 81.0 cm³/mol. The maximum atomic E-state index is 11.7. The number of hydrogen-bond acceptors (Lipinski definition) is 3. The quantitative estimate of drug-likeness (QED) is 0.912. The van der Waals surface area contributed by atoms with Crippen LogP contribution in [0.4, 0.5) is 5.69 Å². The molecule has 2 N–H and O–H groups in total. The van der Waals surface area contributed by atoms with Crippen LogP contribution in [0, 0.1) is 0 Å². The molecular formula is C16H19N3O. The molecule has 1 aromatic heterocycles. The number of hydrogen-bond donors (Lipinski definition) is 1. The molecule has 0 fully saturated rings. The number of nitrogens with two attached hydrogens (primary N) is 1. The van der Waals surface area contributed by atoms with Gasteiger partial charge >= 0.3 is 0 Å². The first-order valence-electron chi connectivity index (χ1n) is 6.98. The van der Waals surface area contributed by atoms with Crippen LogP contribution in [0.15, 0.2) is 53.5 Å². The van der Waals surface area contributed by atoms with E-state index in [9.17, 15) is 4.79 Å². The number of para-hydroxylation sites is 1. The smallest absolute Gasteiger partial charge is 0.250 e. The van der Waals surface area contributed by atoms with E-state index in [2.05, 4.69) is 29.2 Å². The number of benzene rings is 1. The van der Waals surface area contributed by atoms with Crippen molar-refractivity contribution >= 4 is 5.69 Å². The van der Waals surface area contributed by atoms with Crippen LogP contribution in [0.3, 0.4) is 0 Å². The van der Waals surface area contributed by atoms with E-state index in [-0.39, 0.29) is 11.6 Å². The van der Waals surface area contributed by atoms with Crippen LogP contribution in [0.1, 0.15) is 5.56 Å². The van der Waals surface area contributed by atoms with E-state index in [4.69, 9.17) is 5.73 Å². The van der Waals surface area contributed by atoms with Crippen LogP contribution < -0.4 is 16.2 Å². The highest BCUT2D eigenvalue weighted by molar-refractivity contribution is 5.56. The summed E-state index contributed by atoms with van der Waals surface area (Å²) < 4.78 is 1.74. The highest BCUT2D eigenvalue weighted by Gasteiger charge is 2.21. The van der Waals surface area contributed by atoms with Gasteiger partial charge in [0.15, 0.2) is 0 Å². The summed E-state index contributed by atoms with van der Waals surface area (Å²) in [6.07, 6.45) is 2.76. The molecule has 0 spiro atoms. The average molecular weight is 269 g/mol. The van der Waals surface area contributed by atoms with Crippen molar-refractivity contribution in [3.05, 3.63) is 64.6 Å². The largest absolute Gasteiger partial charge is 0.368 e. The number of pyridine rings is 1. The van der Waals surface area contributed by atoms with Gasteiger partial charge in [0.2, 0.25) is 0 Å². The van der Waals surface area contributed by atoms with Crippen molar-refractivity contribution in [3.8, 4) is 0 Å². The van der Waals surface area contributed by atoms with E-state index >= 15 is 0 Å². The van der Waals surface area contributed by atoms with E-state index in [1.165, 1.54) is 11.3 Å². The van der Waals surface area contributed by atoms with Gasteiger partial charge in [0.05, 0.1) is 0 Å². The SMILES string of the molecule is NC1Cc2ccccc2N(CCn2ccccc2=O)C1. The Kier molecular flexibility index (Phi) is 3.56. The standard InChI is InChI=1S/C16H19N3O/c17-14-11-13-5-1-2-6-15(13)19(12-14)10-9-18-8-4-3-7-16(18)20/h1-8,14H,9-12,17H2. The molecule has 3 rings (SSSR count). The lowest BCUT2D eigenvalue weighted by Crippen LogP contribution is -2.44. The Bertz CT molecular complexity index is 650. The van der Waals surface area contributed by atoms with Gasteiger partial charge in [0.1, 0.15) is 0 Å². The number of anilines is 1. The van der Waals surface area contributed by atoms with Gasteiger partial charge in [0, 0.05) is 43.6 Å². The molecule has 0 saturated heterocycles. The average Bonchev–Trinajstić information content (AvgIpc) is 2.46. The summed E-state index contributed by atoms with van der Waals surface area (Å²) in [6.45, 7) is 2.33. The van der Waals surface area contributed by atoms with E-state index < -0.39 is 0 Å². The Hall–Kier alpha value is -2.07. The lowest BCUT2D eigenvalue weighted by atomic mass is 9.98. The molecule has 1 aromatic carbocycles. The summed E-state index contributed by atoms with van der Waals surface area (Å²) >= 11 is 0. The second kappa shape index (κ2) is 5.51. The van der Waals surface area contributed by atoms with Crippen LogP contribution in [0.25, 0.3) is 0 Å². The number of aromatic nitrogens is 1. The Labute approximate surface area is 118 Å². The molecule has 4 nitrogen and oxygen atoms in total. The Morgan fingerprint density at radius 3 is 2.75 bits per heavy atom. The summed E-state index contributed by atoms with van der Waals surface area (Å²) in [5, 5.41) is 0. The number of rotatable bonds is 3. The first kappa shape index (κ1) is 12.9. The number of fused-ring (bicyclic) bond motifs is 1. The van der Waals surface area contributed by atoms with Gasteiger partial charge in [-0.3, -0.25) is 4.79 Å². The zero-order chi connectivity index (χ0) is 13.9. The summed E-state index contributed by atoms with van der Waals surface area (Å²) in [7, 11) is 0. The van der Waals surface area contributed by atoms with Crippen molar-refractivity contribution in [1.82, 2.24) is 4.57 Å². The van der Waals surface area contributed by atoms with Crippen LogP contribution in [0.2, 0.25) is 0 Å². The van der Waals surface area contributed by atoms with E-state index in [1.807, 2.05) is 12.3 Å². The lowest BCUT2D eigenvalue weighted by molar-refractivity contribution is 0.565. The molecule has 0 amide bonds. The first-order chi connectivity index (χ1) is 9.74. The second-order valence-electron chi connectivity index (χ2n) is 5.27. The molecular weight excluding hydrogens is 250 g/mol. The fourth-order valence-corrected chi connectivity index (χ4v) is 2.81. The summed E-state index contributed by atoms with van der Waals surface area (Å²) in [5.41, 5.74) is 8.72. The van der Waals surface area contributed by atoms with Crippen molar-refractivity contribution in [2.45, 2.75) is 19.0 Å². The topological polar surface area (TPSA) is 51.3 Å². The van der Waals surface area contributed by atoms with Crippen LogP contribution >= 0.6 is 0 Å². The van der Waals surface area contributed by atoms with Crippen molar-refractivity contribution in [2.75, 3.05) is 18.0 Å². The summed E-state index contributed by atoms with van der Waals surface area (Å²) in [5.74, 6) is 0. The molecule has 0 bridgehead atoms. The maximum absolute atomic E-state index is 11.7. The Balaban J connectivity index is 1.78. The lowest BCUT2D eigenvalue weighted by Gasteiger charge is -2.34. The van der Waals surface area contributed by atoms with E-state index in [0.717, 1.165) is 19.5 Å². The first-order valence-corrected chi connectivity index (χ1v) is 6.98. The molecule has 2 aromatic rings. The van der Waals surface area contributed by atoms with Crippen molar-refractivity contribution in [2.24, 2.45) is 5.73 Å². The fraction of sp³-hybridized carbons (Fsp3) is 0.312. The predicted octanol–water partition coefficient (Wildman–Crippen LogP) is 1.24. The summed E-state index contributed by atoms with van der Waals surface area (Å²) in [6, 6.07) is 13.8. The molecule has 1 aliphatic rings. The third kappa shape index (κ3) is 2.60. The normalized spacial score (nSPS) is 17.9. The van der Waals surface area contributed by atoms with Gasteiger partial charge in [-0.1, -0.05) is 24.3 Å². The highest BCUT2D eigenvalue weighted by Crippen LogP contribution is 2.25. The Morgan fingerprint density at radius 1 is 1.10 bits per heavy atom. The zero-order valence-corrected chi connectivity index (χ0v) is 11.4. The minimum absolute atomic E-state index is 0.0436. The maximum Gasteiger partial charge on any atom is 0.250 e. The van der Waals surface area contributed by atoms with Crippen LogP contribution in [-0.4, -0.2) is 23.7 Å². The third-order valence-corrected chi connectivity index (χ3v) is 3.78. The van der Waals surface area contributed by atoms with Crippen molar-refractivity contribution in [3.63, 3.8) is 0 Å². The zero-order valence-electron chi connectivity index (χ0n) is 11.4. The monoisotopic (exact) mass is 269 g/mol. The third-order valence-electron chi connectivity index (χ3n) is 3.78. The van der Waals surface area contributed by atoms with Gasteiger partial charge < -0.3 is 15.2 Å². The molecule has 104 valence electrons. The van der Waals surface area contributed by atoms with E-state index in [0.29, 0.717) is 6.54 Å². The van der Waals surface area contributed by atoms with Crippen molar-refractivity contribution in [1.29, 1.82) is 0 Å². The molecule has 0 saturated carbocycles. The molecule has 0 radical (unpaired) electrons. The fourth-order valence-electron chi connectivity index (χ4n) is 2.81. The van der Waals surface area contributed by atoms with Crippen LogP contribution in [-0.2, 0) is 13.0 Å². The van der Waals surface area contributed by atoms with Crippen molar-refractivity contribution < 1.29 is 0 Å². The molecule has 20 heavy (non-hydrogen) atoms. The van der Waals surface area contributed by atoms with Gasteiger partial charge in [0.25, 0.3) is 5.56 Å². The van der Waals surface area contributed by atoms with Crippen LogP contribution in [0.5, 0.6) is 0 Å². The minimum Gasteiger partial charge on any atom is -0.368 e. The van der Waals surface area contributed by atoms with E-state index in [1.54, 1.807) is 16.7 Å². The molecule has 0 aliphatic carbocycles.